The molecule has 1 heterocycles. The number of urea groups is 1. The van der Waals surface area contributed by atoms with Gasteiger partial charge >= 0.3 is 12.0 Å². The lowest BCUT2D eigenvalue weighted by atomic mass is 10.2. The van der Waals surface area contributed by atoms with Gasteiger partial charge in [0.05, 0.1) is 12.3 Å². The molecule has 1 aromatic heterocycles. The van der Waals surface area contributed by atoms with Crippen LogP contribution in [0.1, 0.15) is 43.0 Å². The first-order valence-electron chi connectivity index (χ1n) is 6.43. The Balaban J connectivity index is 2.86. The van der Waals surface area contributed by atoms with E-state index in [1.54, 1.807) is 6.92 Å². The van der Waals surface area contributed by atoms with Gasteiger partial charge in [-0.25, -0.2) is 14.3 Å². The van der Waals surface area contributed by atoms with E-state index in [1.165, 1.54) is 11.6 Å². The van der Waals surface area contributed by atoms with Crippen molar-refractivity contribution in [3.05, 3.63) is 11.4 Å². The van der Waals surface area contributed by atoms with Gasteiger partial charge in [-0.2, -0.15) is 0 Å². The third kappa shape index (κ3) is 4.26. The van der Waals surface area contributed by atoms with Gasteiger partial charge in [0.15, 0.2) is 5.69 Å². The average molecular weight is 297 g/mol. The number of nitrogens with zero attached hydrogens (tertiary/aromatic N) is 3. The molecule has 0 radical (unpaired) electrons. The fourth-order valence-corrected chi connectivity index (χ4v) is 1.54. The average Bonchev–Trinajstić information content (AvgIpc) is 2.76. The second kappa shape index (κ2) is 6.82. The van der Waals surface area contributed by atoms with Crippen molar-refractivity contribution in [1.29, 1.82) is 0 Å². The number of carbonyl (C=O) groups is 3. The lowest BCUT2D eigenvalue weighted by Crippen LogP contribution is -2.39. The van der Waals surface area contributed by atoms with Crippen molar-refractivity contribution in [2.75, 3.05) is 6.61 Å². The lowest BCUT2D eigenvalue weighted by Gasteiger charge is -2.12. The van der Waals surface area contributed by atoms with Crippen LogP contribution in [0, 0.1) is 12.8 Å². The number of carbonyl (C=O) groups excluding carboxylic acids is 3. The lowest BCUT2D eigenvalue weighted by molar-refractivity contribution is -0.123. The maximum Gasteiger partial charge on any atom is 0.360 e. The van der Waals surface area contributed by atoms with Gasteiger partial charge in [-0.1, -0.05) is 19.1 Å². The van der Waals surface area contributed by atoms with Crippen molar-refractivity contribution in [2.24, 2.45) is 11.7 Å². The summed E-state index contributed by atoms with van der Waals surface area (Å²) >= 11 is 0. The molecule has 1 atom stereocenters. The Kier molecular flexibility index (Phi) is 5.39. The number of esters is 1. The third-order valence-electron chi connectivity index (χ3n) is 2.66. The highest BCUT2D eigenvalue weighted by Crippen LogP contribution is 2.12. The summed E-state index contributed by atoms with van der Waals surface area (Å²) in [5.74, 6) is -1.04. The van der Waals surface area contributed by atoms with Crippen molar-refractivity contribution in [3.63, 3.8) is 0 Å². The Morgan fingerprint density at radius 1 is 1.33 bits per heavy atom. The van der Waals surface area contributed by atoms with Crippen molar-refractivity contribution in [2.45, 2.75) is 33.7 Å². The highest BCUT2D eigenvalue weighted by Gasteiger charge is 2.24. The van der Waals surface area contributed by atoms with Crippen LogP contribution in [0.15, 0.2) is 0 Å². The first-order chi connectivity index (χ1) is 9.73. The molecule has 0 saturated heterocycles. The van der Waals surface area contributed by atoms with Crippen LogP contribution in [0.5, 0.6) is 0 Å². The summed E-state index contributed by atoms with van der Waals surface area (Å²) < 4.78 is 6.29. The number of aromatic nitrogens is 3. The van der Waals surface area contributed by atoms with Gasteiger partial charge in [0, 0.05) is 0 Å². The second-order valence-corrected chi connectivity index (χ2v) is 4.99. The van der Waals surface area contributed by atoms with Crippen LogP contribution in [0.4, 0.5) is 4.79 Å². The van der Waals surface area contributed by atoms with Crippen molar-refractivity contribution >= 4 is 17.9 Å². The van der Waals surface area contributed by atoms with Crippen LogP contribution >= 0.6 is 0 Å². The number of ether oxygens (including phenoxy) is 1. The number of nitrogens with one attached hydrogen (secondary N) is 1. The molecule has 0 aromatic carbocycles. The maximum absolute atomic E-state index is 11.8. The summed E-state index contributed by atoms with van der Waals surface area (Å²) in [6, 6.07) is -1.79. The van der Waals surface area contributed by atoms with Crippen LogP contribution in [0.25, 0.3) is 0 Å². The number of nitrogens with two attached hydrogens (primary N) is 1. The number of hydrogen-bond acceptors (Lipinski definition) is 6. The summed E-state index contributed by atoms with van der Waals surface area (Å²) in [5.41, 5.74) is 5.29. The minimum Gasteiger partial charge on any atom is -0.461 e. The van der Waals surface area contributed by atoms with Crippen molar-refractivity contribution in [1.82, 2.24) is 20.3 Å². The molecule has 0 bridgehead atoms. The van der Waals surface area contributed by atoms with E-state index in [2.05, 4.69) is 10.3 Å². The molecule has 9 nitrogen and oxygen atoms in total. The van der Waals surface area contributed by atoms with Crippen molar-refractivity contribution < 1.29 is 19.1 Å². The van der Waals surface area contributed by atoms with Crippen molar-refractivity contribution in [3.8, 4) is 0 Å². The molecule has 1 rings (SSSR count). The Bertz CT molecular complexity index is 552. The SMILES string of the molecule is Cc1c(C(=O)OCC(C)C)nnn1C(C)C(=O)NC(N)=O. The normalized spacial score (nSPS) is 12.0. The molecule has 0 fully saturated rings. The fourth-order valence-electron chi connectivity index (χ4n) is 1.54. The number of rotatable bonds is 5. The topological polar surface area (TPSA) is 129 Å². The van der Waals surface area contributed by atoms with Gasteiger partial charge in [0.25, 0.3) is 5.91 Å². The summed E-state index contributed by atoms with van der Waals surface area (Å²) in [7, 11) is 0. The number of hydrogen-bond donors (Lipinski definition) is 2. The molecule has 0 saturated carbocycles. The monoisotopic (exact) mass is 297 g/mol. The van der Waals surface area contributed by atoms with Crippen LogP contribution in [-0.2, 0) is 9.53 Å². The molecule has 1 unspecified atom stereocenters. The van der Waals surface area contributed by atoms with Crippen LogP contribution < -0.4 is 11.1 Å². The zero-order valence-electron chi connectivity index (χ0n) is 12.4. The zero-order valence-corrected chi connectivity index (χ0v) is 12.4. The summed E-state index contributed by atoms with van der Waals surface area (Å²) in [4.78, 5) is 34.2. The molecule has 0 aliphatic rings. The van der Waals surface area contributed by atoms with Crippen LogP contribution in [0.2, 0.25) is 0 Å². The summed E-state index contributed by atoms with van der Waals surface area (Å²) in [6.07, 6.45) is 0. The van der Waals surface area contributed by atoms with Gasteiger partial charge in [-0.3, -0.25) is 10.1 Å². The molecule has 0 aliphatic carbocycles. The molecule has 1 aromatic rings. The molecule has 3 N–H and O–H groups in total. The van der Waals surface area contributed by atoms with E-state index in [0.29, 0.717) is 5.69 Å². The Morgan fingerprint density at radius 2 is 1.95 bits per heavy atom. The van der Waals surface area contributed by atoms with E-state index >= 15 is 0 Å². The van der Waals surface area contributed by atoms with E-state index in [9.17, 15) is 14.4 Å². The summed E-state index contributed by atoms with van der Waals surface area (Å²) in [5, 5.41) is 9.41. The number of primary amides is 1. The molecule has 116 valence electrons. The molecule has 3 amide bonds. The molecular formula is C12H19N5O4. The van der Waals surface area contributed by atoms with Gasteiger partial charge in [-0.15, -0.1) is 5.10 Å². The minimum atomic E-state index is -0.957. The number of imide groups is 1. The van der Waals surface area contributed by atoms with E-state index < -0.39 is 23.9 Å². The predicted octanol–water partition coefficient (Wildman–Crippen LogP) is 0.155. The molecule has 9 heteroatoms. The summed E-state index contributed by atoms with van der Waals surface area (Å²) in [6.45, 7) is 7.17. The molecule has 21 heavy (non-hydrogen) atoms. The first kappa shape index (κ1) is 16.6. The highest BCUT2D eigenvalue weighted by molar-refractivity contribution is 5.95. The second-order valence-electron chi connectivity index (χ2n) is 4.99. The van der Waals surface area contributed by atoms with Gasteiger partial charge in [0.1, 0.15) is 6.04 Å². The van der Waals surface area contributed by atoms with E-state index in [1.807, 2.05) is 19.2 Å². The molecule has 0 spiro atoms. The van der Waals surface area contributed by atoms with Gasteiger partial charge in [0.2, 0.25) is 0 Å². The smallest absolute Gasteiger partial charge is 0.360 e. The van der Waals surface area contributed by atoms with Gasteiger partial charge in [-0.05, 0) is 19.8 Å². The quantitative estimate of drug-likeness (QED) is 0.744. The Hall–Kier alpha value is -2.45. The third-order valence-corrected chi connectivity index (χ3v) is 2.66. The molecular weight excluding hydrogens is 278 g/mol. The standard InChI is InChI=1S/C12H19N5O4/c1-6(2)5-21-11(19)9-7(3)17(16-15-9)8(4)10(18)14-12(13)20/h6,8H,5H2,1-4H3,(H3,13,14,18,20). The highest BCUT2D eigenvalue weighted by atomic mass is 16.5. The fraction of sp³-hybridized carbons (Fsp3) is 0.583. The minimum absolute atomic E-state index is 0.0365. The molecule has 0 aliphatic heterocycles. The number of amides is 3. The van der Waals surface area contributed by atoms with E-state index in [0.717, 1.165) is 0 Å². The zero-order chi connectivity index (χ0) is 16.2. The first-order valence-corrected chi connectivity index (χ1v) is 6.43. The Morgan fingerprint density at radius 3 is 2.48 bits per heavy atom. The largest absolute Gasteiger partial charge is 0.461 e. The Labute approximate surface area is 121 Å². The van der Waals surface area contributed by atoms with Crippen LogP contribution in [-0.4, -0.2) is 39.5 Å². The van der Waals surface area contributed by atoms with Gasteiger partial charge < -0.3 is 10.5 Å². The predicted molar refractivity (Wildman–Crippen MR) is 72.3 cm³/mol. The van der Waals surface area contributed by atoms with E-state index in [4.69, 9.17) is 10.5 Å². The van der Waals surface area contributed by atoms with E-state index in [-0.39, 0.29) is 18.2 Å². The maximum atomic E-state index is 11.8. The van der Waals surface area contributed by atoms with Crippen LogP contribution in [0.3, 0.4) is 0 Å².